The Hall–Kier alpha value is -4.07. The van der Waals surface area contributed by atoms with Gasteiger partial charge in [-0.05, 0) is 89.3 Å². The van der Waals surface area contributed by atoms with E-state index in [1.165, 1.54) is 6.92 Å². The van der Waals surface area contributed by atoms with Crippen LogP contribution in [0, 0.1) is 50.7 Å². The first kappa shape index (κ1) is 61.0. The standard InChI is InChI=1S/C64H68I4O8.C2H3N/c1-5-9-13-17-21-41-49-33-51-42(22-18-14-10-6-2)53-35-55-44(24-20-16-12-8-4)56-36-54-43(23-19-15-11-7-3)52-34-50(41)58-46(26-30-66)60(52)72-39-74-62(54)48(28-32-68)64(56)76-40-75-63(55)47(27-31-67)61(53)73-38-71-59(51)45(25-29-65)57(49)69-37-70-58;1-2-3/h33-36,41-44H,5-24,37-40H2,1-4H3;1H3. The topological polar surface area (TPSA) is 97.6 Å². The van der Waals surface area contributed by atoms with Crippen LogP contribution < -0.4 is 37.9 Å². The van der Waals surface area contributed by atoms with Crippen molar-refractivity contribution in [3.05, 3.63) is 91.0 Å². The molecule has 0 aromatic heterocycles. The Morgan fingerprint density at radius 3 is 0.671 bits per heavy atom. The van der Waals surface area contributed by atoms with Crippen LogP contribution in [-0.2, 0) is 0 Å². The number of hydrogen-bond donors (Lipinski definition) is 0. The highest BCUT2D eigenvalue weighted by Crippen LogP contribution is 2.58. The van der Waals surface area contributed by atoms with Gasteiger partial charge in [-0.15, -0.1) is 0 Å². The minimum absolute atomic E-state index is 0.0693. The summed E-state index contributed by atoms with van der Waals surface area (Å²) in [5.74, 6) is 19.0. The van der Waals surface area contributed by atoms with E-state index in [1.807, 2.05) is 0 Å². The summed E-state index contributed by atoms with van der Waals surface area (Å²) in [5.41, 5.74) is 11.5. The maximum atomic E-state index is 7.32. The molecule has 79 heavy (non-hydrogen) atoms. The highest BCUT2D eigenvalue weighted by Gasteiger charge is 2.41. The number of rotatable bonds is 20. The maximum Gasteiger partial charge on any atom is 0.231 e. The summed E-state index contributed by atoms with van der Waals surface area (Å²) in [4.78, 5) is 0. The molecule has 5 aliphatic rings. The van der Waals surface area contributed by atoms with Crippen molar-refractivity contribution in [2.75, 3.05) is 27.2 Å². The van der Waals surface area contributed by atoms with Gasteiger partial charge in [-0.3, -0.25) is 0 Å². The predicted molar refractivity (Wildman–Crippen MR) is 348 cm³/mol. The maximum absolute atomic E-state index is 7.32. The second kappa shape index (κ2) is 30.8. The SMILES string of the molecule is CC#N.CCCCCCC1c2cc3c4c(C#CI)c2OCOc2c1cc1c(c2C#CI)OCOc2c(cc5c(c2C#CI)OCOc2c(cc(c(c2C#CI)OCO4)C3CCCCCC)C5CCCCCC)C1CCCCCC. The second-order valence-corrected chi connectivity index (χ2v) is 22.8. The zero-order valence-corrected chi connectivity index (χ0v) is 54.9. The minimum atomic E-state index is -0.171. The Morgan fingerprint density at radius 1 is 0.342 bits per heavy atom. The molecule has 416 valence electrons. The molecule has 9 rings (SSSR count). The fourth-order valence-corrected chi connectivity index (χ4v) is 13.4. The molecule has 4 aliphatic heterocycles. The van der Waals surface area contributed by atoms with Crippen LogP contribution in [0.25, 0.3) is 0 Å². The molecule has 0 atom stereocenters. The van der Waals surface area contributed by atoms with Crippen molar-refractivity contribution in [1.29, 1.82) is 5.26 Å². The Morgan fingerprint density at radius 2 is 0.519 bits per heavy atom. The third-order valence-corrected chi connectivity index (χ3v) is 16.9. The van der Waals surface area contributed by atoms with Gasteiger partial charge in [0, 0.05) is 165 Å². The second-order valence-electron chi connectivity index (χ2n) is 20.7. The smallest absolute Gasteiger partial charge is 0.231 e. The highest BCUT2D eigenvalue weighted by molar-refractivity contribution is 14.1. The highest BCUT2D eigenvalue weighted by atomic mass is 127. The van der Waals surface area contributed by atoms with Gasteiger partial charge in [0.25, 0.3) is 0 Å². The minimum Gasteiger partial charge on any atom is -0.456 e. The zero-order chi connectivity index (χ0) is 55.7. The number of hydrogen-bond acceptors (Lipinski definition) is 9. The van der Waals surface area contributed by atoms with Crippen LogP contribution in [0.2, 0.25) is 0 Å². The van der Waals surface area contributed by atoms with Crippen LogP contribution >= 0.6 is 90.4 Å². The quantitative estimate of drug-likeness (QED) is 0.0487. The monoisotopic (exact) mass is 1510 g/mol. The molecule has 4 aromatic rings. The molecule has 4 heterocycles. The largest absolute Gasteiger partial charge is 0.456 e. The molecule has 13 heteroatoms. The van der Waals surface area contributed by atoms with Gasteiger partial charge in [-0.2, -0.15) is 5.26 Å². The average Bonchev–Trinajstić information content (AvgIpc) is 3.45. The van der Waals surface area contributed by atoms with E-state index in [-0.39, 0.29) is 50.8 Å². The average molecular weight is 1510 g/mol. The molecule has 8 bridgehead atoms. The molecule has 9 nitrogen and oxygen atoms in total. The molecule has 0 fully saturated rings. The van der Waals surface area contributed by atoms with Crippen molar-refractivity contribution in [3.63, 3.8) is 0 Å². The first-order valence-electron chi connectivity index (χ1n) is 28.5. The van der Waals surface area contributed by atoms with Crippen molar-refractivity contribution in [2.45, 2.75) is 187 Å². The third-order valence-electron chi connectivity index (χ3n) is 15.9. The van der Waals surface area contributed by atoms with Gasteiger partial charge in [0.1, 0.15) is 68.2 Å². The van der Waals surface area contributed by atoms with Gasteiger partial charge in [0.2, 0.25) is 27.2 Å². The lowest BCUT2D eigenvalue weighted by atomic mass is 9.74. The number of nitrogens with zero attached hydrogens (tertiary/aromatic N) is 1. The van der Waals surface area contributed by atoms with Gasteiger partial charge in [0.05, 0.1) is 6.07 Å². The van der Waals surface area contributed by atoms with Crippen molar-refractivity contribution in [2.24, 2.45) is 0 Å². The summed E-state index contributed by atoms with van der Waals surface area (Å²) >= 11 is 8.62. The molecule has 0 radical (unpaired) electrons. The lowest BCUT2D eigenvalue weighted by Gasteiger charge is -2.36. The first-order chi connectivity index (χ1) is 38.9. The summed E-state index contributed by atoms with van der Waals surface area (Å²) in [6.07, 6.45) is 20.9. The van der Waals surface area contributed by atoms with Crippen molar-refractivity contribution < 1.29 is 37.9 Å². The van der Waals surface area contributed by atoms with Crippen LogP contribution in [0.4, 0.5) is 0 Å². The van der Waals surface area contributed by atoms with Gasteiger partial charge in [0.15, 0.2) is 0 Å². The van der Waals surface area contributed by atoms with Gasteiger partial charge in [-0.25, -0.2) is 0 Å². The normalized spacial score (nSPS) is 17.1. The molecule has 0 saturated carbocycles. The molecular weight excluding hydrogens is 1440 g/mol. The van der Waals surface area contributed by atoms with E-state index in [1.54, 1.807) is 6.07 Å². The third kappa shape index (κ3) is 13.6. The number of unbranched alkanes of at least 4 members (excludes halogenated alkanes) is 12. The van der Waals surface area contributed by atoms with E-state index in [0.29, 0.717) is 68.2 Å². The number of halogens is 4. The molecule has 4 aromatic carbocycles. The van der Waals surface area contributed by atoms with Crippen LogP contribution in [0.15, 0.2) is 24.3 Å². The summed E-state index contributed by atoms with van der Waals surface area (Å²) in [6.45, 7) is 10.2. The molecule has 0 saturated heterocycles. The lowest BCUT2D eigenvalue weighted by molar-refractivity contribution is 0.0973. The predicted octanol–water partition coefficient (Wildman–Crippen LogP) is 18.8. The zero-order valence-electron chi connectivity index (χ0n) is 46.3. The van der Waals surface area contributed by atoms with Crippen molar-refractivity contribution >= 4 is 90.4 Å². The van der Waals surface area contributed by atoms with Crippen molar-refractivity contribution in [1.82, 2.24) is 0 Å². The van der Waals surface area contributed by atoms with E-state index in [4.69, 9.17) is 43.2 Å². The molecule has 1 aliphatic carbocycles. The van der Waals surface area contributed by atoms with E-state index in [9.17, 15) is 0 Å². The van der Waals surface area contributed by atoms with Gasteiger partial charge in [-0.1, -0.05) is 130 Å². The first-order valence-corrected chi connectivity index (χ1v) is 32.8. The molecular formula is C66H71I4NO8. The molecule has 0 spiro atoms. The number of nitriles is 1. The van der Waals surface area contributed by atoms with Crippen LogP contribution in [-0.4, -0.2) is 27.2 Å². The van der Waals surface area contributed by atoms with Crippen LogP contribution in [0.5, 0.6) is 46.0 Å². The Labute approximate surface area is 524 Å². The van der Waals surface area contributed by atoms with E-state index in [2.05, 4.69) is 182 Å². The summed E-state index contributed by atoms with van der Waals surface area (Å²) in [5, 5.41) is 7.32. The van der Waals surface area contributed by atoms with Gasteiger partial charge >= 0.3 is 0 Å². The van der Waals surface area contributed by atoms with E-state index < -0.39 is 0 Å². The lowest BCUT2D eigenvalue weighted by Crippen LogP contribution is -2.25. The molecule has 0 unspecified atom stereocenters. The fraction of sp³-hybridized carbons (Fsp3) is 0.500. The van der Waals surface area contributed by atoms with Gasteiger partial charge < -0.3 is 37.9 Å². The summed E-state index contributed by atoms with van der Waals surface area (Å²) < 4.78 is 68.7. The Balaban J connectivity index is 0.00000268. The Kier molecular flexibility index (Phi) is 23.8. The van der Waals surface area contributed by atoms with Crippen LogP contribution in [0.1, 0.15) is 253 Å². The number of benzene rings is 4. The van der Waals surface area contributed by atoms with E-state index >= 15 is 0 Å². The van der Waals surface area contributed by atoms with Crippen LogP contribution in [0.3, 0.4) is 0 Å². The molecule has 0 N–H and O–H groups in total. The Bertz CT molecular complexity index is 2610. The number of ether oxygens (including phenoxy) is 8. The fourth-order valence-electron chi connectivity index (χ4n) is 12.3. The molecule has 0 amide bonds. The van der Waals surface area contributed by atoms with Crippen molar-refractivity contribution in [3.8, 4) is 91.5 Å². The van der Waals surface area contributed by atoms with E-state index in [0.717, 1.165) is 173 Å². The summed E-state index contributed by atoms with van der Waals surface area (Å²) in [7, 11) is 0. The summed E-state index contributed by atoms with van der Waals surface area (Å²) in [6, 6.07) is 11.4.